The highest BCUT2D eigenvalue weighted by atomic mass is 16.3. The van der Waals surface area contributed by atoms with Crippen LogP contribution >= 0.6 is 0 Å². The largest absolute Gasteiger partial charge is 0.392 e. The summed E-state index contributed by atoms with van der Waals surface area (Å²) < 4.78 is 0. The second-order valence-corrected chi connectivity index (χ2v) is 5.52. The normalized spacial score (nSPS) is 27.0. The lowest BCUT2D eigenvalue weighted by molar-refractivity contribution is 0.0660. The molecule has 1 aromatic rings. The lowest BCUT2D eigenvalue weighted by Crippen LogP contribution is -2.41. The van der Waals surface area contributed by atoms with E-state index in [2.05, 4.69) is 25.1 Å². The van der Waals surface area contributed by atoms with Crippen LogP contribution < -0.4 is 0 Å². The summed E-state index contributed by atoms with van der Waals surface area (Å²) in [5.41, 5.74) is 4.51. The van der Waals surface area contributed by atoms with Gasteiger partial charge in [0.05, 0.1) is 6.10 Å². The van der Waals surface area contributed by atoms with Gasteiger partial charge in [0, 0.05) is 5.41 Å². The monoisotopic (exact) mass is 216 g/mol. The summed E-state index contributed by atoms with van der Waals surface area (Å²) in [7, 11) is 0. The van der Waals surface area contributed by atoms with E-state index < -0.39 is 0 Å². The van der Waals surface area contributed by atoms with E-state index in [1.807, 2.05) is 0 Å². The van der Waals surface area contributed by atoms with Crippen LogP contribution in [0, 0.1) is 6.92 Å². The molecule has 3 rings (SSSR count). The van der Waals surface area contributed by atoms with Gasteiger partial charge in [-0.3, -0.25) is 0 Å². The molecule has 16 heavy (non-hydrogen) atoms. The van der Waals surface area contributed by atoms with Crippen LogP contribution in [-0.4, -0.2) is 11.2 Å². The summed E-state index contributed by atoms with van der Waals surface area (Å²) in [6, 6.07) is 6.63. The molecule has 0 saturated heterocycles. The average Bonchev–Trinajstić information content (AvgIpc) is 2.75. The fourth-order valence-electron chi connectivity index (χ4n) is 3.85. The summed E-state index contributed by atoms with van der Waals surface area (Å²) in [5.74, 6) is 0. The van der Waals surface area contributed by atoms with E-state index >= 15 is 0 Å². The van der Waals surface area contributed by atoms with Gasteiger partial charge >= 0.3 is 0 Å². The van der Waals surface area contributed by atoms with Gasteiger partial charge in [0.2, 0.25) is 0 Å². The Hall–Kier alpha value is -0.820. The van der Waals surface area contributed by atoms with Gasteiger partial charge in [0.1, 0.15) is 0 Å². The van der Waals surface area contributed by atoms with Gasteiger partial charge in [-0.15, -0.1) is 0 Å². The smallest absolute Gasteiger partial charge is 0.0640 e. The highest BCUT2D eigenvalue weighted by Crippen LogP contribution is 2.49. The first kappa shape index (κ1) is 10.3. The molecule has 1 saturated carbocycles. The Morgan fingerprint density at radius 2 is 2.00 bits per heavy atom. The minimum absolute atomic E-state index is 0.107. The Bertz CT molecular complexity index is 402. The van der Waals surface area contributed by atoms with Crippen LogP contribution in [0.3, 0.4) is 0 Å². The third kappa shape index (κ3) is 1.27. The number of benzene rings is 1. The van der Waals surface area contributed by atoms with Crippen molar-refractivity contribution in [3.8, 4) is 0 Å². The number of aryl methyl sites for hydroxylation is 1. The lowest BCUT2D eigenvalue weighted by Gasteiger charge is -2.41. The molecule has 0 bridgehead atoms. The van der Waals surface area contributed by atoms with E-state index in [-0.39, 0.29) is 11.5 Å². The summed E-state index contributed by atoms with van der Waals surface area (Å²) in [6.07, 6.45) is 6.84. The van der Waals surface area contributed by atoms with Crippen LogP contribution in [0.4, 0.5) is 0 Å². The molecule has 1 fully saturated rings. The van der Waals surface area contributed by atoms with Gasteiger partial charge < -0.3 is 5.11 Å². The van der Waals surface area contributed by atoms with E-state index in [1.54, 1.807) is 0 Å². The lowest BCUT2D eigenvalue weighted by atomic mass is 9.66. The number of hydrogen-bond acceptors (Lipinski definition) is 1. The number of aliphatic hydroxyl groups is 1. The topological polar surface area (TPSA) is 20.2 Å². The van der Waals surface area contributed by atoms with Gasteiger partial charge in [-0.2, -0.15) is 0 Å². The van der Waals surface area contributed by atoms with Crippen LogP contribution in [0.15, 0.2) is 18.2 Å². The van der Waals surface area contributed by atoms with Crippen molar-refractivity contribution < 1.29 is 5.11 Å². The van der Waals surface area contributed by atoms with E-state index in [0.29, 0.717) is 0 Å². The van der Waals surface area contributed by atoms with Crippen molar-refractivity contribution in [2.75, 3.05) is 0 Å². The van der Waals surface area contributed by atoms with Gasteiger partial charge in [-0.1, -0.05) is 31.0 Å². The maximum Gasteiger partial charge on any atom is 0.0640 e. The van der Waals surface area contributed by atoms with Crippen LogP contribution in [-0.2, 0) is 11.8 Å². The first-order valence-electron chi connectivity index (χ1n) is 6.51. The Labute approximate surface area is 97.5 Å². The molecule has 1 atom stereocenters. The highest BCUT2D eigenvalue weighted by Gasteiger charge is 2.45. The molecule has 1 aromatic carbocycles. The molecule has 1 heteroatoms. The molecule has 2 aliphatic carbocycles. The molecule has 1 nitrogen and oxygen atoms in total. The standard InChI is InChI=1S/C15H20O/c1-11-5-4-6-13-12(11)7-8-14(16)15(13)9-2-3-10-15/h4-6,14,16H,2-3,7-10H2,1H3. The van der Waals surface area contributed by atoms with Crippen LogP contribution in [0.2, 0.25) is 0 Å². The number of aliphatic hydroxyl groups excluding tert-OH is 1. The number of hydrogen-bond donors (Lipinski definition) is 1. The molecular formula is C15H20O. The summed E-state index contributed by atoms with van der Waals surface area (Å²) in [6.45, 7) is 2.21. The quantitative estimate of drug-likeness (QED) is 0.706. The third-order valence-electron chi connectivity index (χ3n) is 4.75. The zero-order valence-corrected chi connectivity index (χ0v) is 10.00. The van der Waals surface area contributed by atoms with Crippen molar-refractivity contribution >= 4 is 0 Å². The maximum absolute atomic E-state index is 10.4. The van der Waals surface area contributed by atoms with Crippen LogP contribution in [0.1, 0.15) is 48.8 Å². The minimum atomic E-state index is -0.107. The molecule has 1 N–H and O–H groups in total. The molecule has 0 aliphatic heterocycles. The van der Waals surface area contributed by atoms with E-state index in [1.165, 1.54) is 42.4 Å². The summed E-state index contributed by atoms with van der Waals surface area (Å²) in [5, 5.41) is 10.4. The van der Waals surface area contributed by atoms with E-state index in [4.69, 9.17) is 0 Å². The van der Waals surface area contributed by atoms with Gasteiger partial charge in [-0.05, 0) is 49.3 Å². The minimum Gasteiger partial charge on any atom is -0.392 e. The second-order valence-electron chi connectivity index (χ2n) is 5.52. The third-order valence-corrected chi connectivity index (χ3v) is 4.75. The Balaban J connectivity index is 2.17. The Morgan fingerprint density at radius 3 is 2.75 bits per heavy atom. The molecule has 1 spiro atoms. The molecule has 0 radical (unpaired) electrons. The van der Waals surface area contributed by atoms with Crippen molar-refractivity contribution in [1.82, 2.24) is 0 Å². The van der Waals surface area contributed by atoms with Crippen LogP contribution in [0.25, 0.3) is 0 Å². The van der Waals surface area contributed by atoms with Crippen molar-refractivity contribution in [2.45, 2.75) is 57.0 Å². The SMILES string of the molecule is Cc1cccc2c1CCC(O)C21CCCC1. The van der Waals surface area contributed by atoms with Crippen molar-refractivity contribution in [3.63, 3.8) is 0 Å². The number of fused-ring (bicyclic) bond motifs is 2. The molecule has 0 heterocycles. The second kappa shape index (κ2) is 3.59. The van der Waals surface area contributed by atoms with Crippen molar-refractivity contribution in [1.29, 1.82) is 0 Å². The fourth-order valence-corrected chi connectivity index (χ4v) is 3.85. The van der Waals surface area contributed by atoms with Crippen LogP contribution in [0.5, 0.6) is 0 Å². The molecule has 86 valence electrons. The van der Waals surface area contributed by atoms with E-state index in [9.17, 15) is 5.11 Å². The summed E-state index contributed by atoms with van der Waals surface area (Å²) >= 11 is 0. The van der Waals surface area contributed by atoms with Gasteiger partial charge in [0.15, 0.2) is 0 Å². The fraction of sp³-hybridized carbons (Fsp3) is 0.600. The molecule has 0 aromatic heterocycles. The number of rotatable bonds is 0. The molecule has 0 amide bonds. The molecule has 2 aliphatic rings. The molecular weight excluding hydrogens is 196 g/mol. The van der Waals surface area contributed by atoms with E-state index in [0.717, 1.165) is 12.8 Å². The zero-order valence-electron chi connectivity index (χ0n) is 10.00. The maximum atomic E-state index is 10.4. The highest BCUT2D eigenvalue weighted by molar-refractivity contribution is 5.43. The zero-order chi connectivity index (χ0) is 11.2. The predicted octanol–water partition coefficient (Wildman–Crippen LogP) is 3.11. The van der Waals surface area contributed by atoms with Gasteiger partial charge in [0.25, 0.3) is 0 Å². The van der Waals surface area contributed by atoms with Crippen molar-refractivity contribution in [3.05, 3.63) is 34.9 Å². The van der Waals surface area contributed by atoms with Crippen molar-refractivity contribution in [2.24, 2.45) is 0 Å². The average molecular weight is 216 g/mol. The Kier molecular flexibility index (Phi) is 2.32. The first-order valence-corrected chi connectivity index (χ1v) is 6.51. The Morgan fingerprint density at radius 1 is 1.25 bits per heavy atom. The predicted molar refractivity (Wildman–Crippen MR) is 65.7 cm³/mol. The van der Waals surface area contributed by atoms with Gasteiger partial charge in [-0.25, -0.2) is 0 Å². The molecule has 1 unspecified atom stereocenters. The summed E-state index contributed by atoms with van der Waals surface area (Å²) in [4.78, 5) is 0. The first-order chi connectivity index (χ1) is 7.74.